The summed E-state index contributed by atoms with van der Waals surface area (Å²) in [5.41, 5.74) is 3.69. The molecule has 122 valence electrons. The van der Waals surface area contributed by atoms with E-state index in [1.54, 1.807) is 18.4 Å². The average molecular weight is 355 g/mol. The molecule has 1 aliphatic carbocycles. The Morgan fingerprint density at radius 1 is 1.21 bits per heavy atom. The summed E-state index contributed by atoms with van der Waals surface area (Å²) in [5.74, 6) is 0.824. The highest BCUT2D eigenvalue weighted by Gasteiger charge is 2.22. The molecule has 5 heteroatoms. The van der Waals surface area contributed by atoms with Gasteiger partial charge in [-0.05, 0) is 53.6 Å². The fourth-order valence-electron chi connectivity index (χ4n) is 2.95. The van der Waals surface area contributed by atoms with E-state index in [1.807, 2.05) is 35.6 Å². The molecule has 2 aromatic heterocycles. The fourth-order valence-corrected chi connectivity index (χ4v) is 5.08. The fraction of sp³-hybridized carbons (Fsp3) is 0.211. The smallest absolute Gasteiger partial charge is 0.261 e. The van der Waals surface area contributed by atoms with Gasteiger partial charge in [-0.1, -0.05) is 12.1 Å². The van der Waals surface area contributed by atoms with E-state index in [9.17, 15) is 4.79 Å². The van der Waals surface area contributed by atoms with E-state index in [4.69, 9.17) is 4.74 Å². The van der Waals surface area contributed by atoms with E-state index < -0.39 is 0 Å². The van der Waals surface area contributed by atoms with Crippen LogP contribution in [0.15, 0.2) is 41.8 Å². The van der Waals surface area contributed by atoms with Crippen LogP contribution >= 0.6 is 22.7 Å². The topological polar surface area (TPSA) is 38.3 Å². The molecule has 3 nitrogen and oxygen atoms in total. The first-order chi connectivity index (χ1) is 11.7. The quantitative estimate of drug-likeness (QED) is 0.747. The van der Waals surface area contributed by atoms with Gasteiger partial charge in [-0.25, -0.2) is 0 Å². The van der Waals surface area contributed by atoms with Gasteiger partial charge in [0, 0.05) is 21.9 Å². The molecule has 0 fully saturated rings. The zero-order valence-electron chi connectivity index (χ0n) is 13.3. The molecule has 0 spiro atoms. The molecule has 1 aliphatic rings. The minimum Gasteiger partial charge on any atom is -0.497 e. The predicted octanol–water partition coefficient (Wildman–Crippen LogP) is 4.51. The van der Waals surface area contributed by atoms with Crippen molar-refractivity contribution in [1.29, 1.82) is 0 Å². The molecule has 1 N–H and O–H groups in total. The van der Waals surface area contributed by atoms with E-state index in [0.29, 0.717) is 6.54 Å². The van der Waals surface area contributed by atoms with Crippen LogP contribution in [0.25, 0.3) is 10.4 Å². The van der Waals surface area contributed by atoms with Crippen LogP contribution in [0.3, 0.4) is 0 Å². The Morgan fingerprint density at radius 2 is 2.04 bits per heavy atom. The summed E-state index contributed by atoms with van der Waals surface area (Å²) in [7, 11) is 1.65. The molecule has 0 atom stereocenters. The molecule has 0 saturated carbocycles. The van der Waals surface area contributed by atoms with E-state index in [1.165, 1.54) is 20.9 Å². The number of hydrogen-bond acceptors (Lipinski definition) is 4. The van der Waals surface area contributed by atoms with Gasteiger partial charge in [-0.15, -0.1) is 22.7 Å². The number of ether oxygens (including phenoxy) is 1. The zero-order valence-corrected chi connectivity index (χ0v) is 14.9. The van der Waals surface area contributed by atoms with Crippen LogP contribution in [0.1, 0.15) is 25.7 Å². The molecule has 0 bridgehead atoms. The number of carbonyl (C=O) groups excluding carboxylic acids is 1. The lowest BCUT2D eigenvalue weighted by molar-refractivity contribution is 0.0955. The Balaban J connectivity index is 1.48. The number of fused-ring (bicyclic) bond motifs is 3. The Hall–Kier alpha value is -2.11. The molecule has 2 heterocycles. The third-order valence-electron chi connectivity index (χ3n) is 4.26. The summed E-state index contributed by atoms with van der Waals surface area (Å²) < 4.78 is 5.15. The number of thiophene rings is 2. The predicted molar refractivity (Wildman–Crippen MR) is 99.2 cm³/mol. The maximum absolute atomic E-state index is 12.5. The van der Waals surface area contributed by atoms with Crippen LogP contribution in [-0.2, 0) is 19.4 Å². The van der Waals surface area contributed by atoms with Gasteiger partial charge < -0.3 is 10.1 Å². The van der Waals surface area contributed by atoms with Crippen LogP contribution in [0.4, 0.5) is 0 Å². The molecule has 24 heavy (non-hydrogen) atoms. The van der Waals surface area contributed by atoms with Crippen LogP contribution in [-0.4, -0.2) is 13.0 Å². The summed E-state index contributed by atoms with van der Waals surface area (Å²) in [6.07, 6.45) is 2.12. The normalized spacial score (nSPS) is 12.4. The second kappa shape index (κ2) is 6.42. The maximum atomic E-state index is 12.5. The molecule has 0 saturated heterocycles. The van der Waals surface area contributed by atoms with Crippen molar-refractivity contribution in [2.75, 3.05) is 7.11 Å². The third kappa shape index (κ3) is 2.85. The third-order valence-corrected chi connectivity index (χ3v) is 6.45. The monoisotopic (exact) mass is 355 g/mol. The summed E-state index contributed by atoms with van der Waals surface area (Å²) >= 11 is 3.42. The van der Waals surface area contributed by atoms with Crippen LogP contribution in [0.5, 0.6) is 5.75 Å². The zero-order chi connectivity index (χ0) is 16.5. The Morgan fingerprint density at radius 3 is 2.83 bits per heavy atom. The van der Waals surface area contributed by atoms with E-state index in [2.05, 4.69) is 22.8 Å². The number of methoxy groups -OCH3 is 1. The van der Waals surface area contributed by atoms with Gasteiger partial charge in [0.15, 0.2) is 0 Å². The first-order valence-electron chi connectivity index (χ1n) is 7.85. The van der Waals surface area contributed by atoms with Gasteiger partial charge in [0.1, 0.15) is 5.75 Å². The van der Waals surface area contributed by atoms with Crippen molar-refractivity contribution >= 4 is 28.6 Å². The SMILES string of the molecule is COc1ccc(CNC(=O)c2cc3c(s2)-c2ccsc2CC3)cc1. The lowest BCUT2D eigenvalue weighted by atomic mass is 9.98. The highest BCUT2D eigenvalue weighted by atomic mass is 32.1. The number of amides is 1. The number of aryl methyl sites for hydroxylation is 2. The molecular formula is C19H17NO2S2. The van der Waals surface area contributed by atoms with Crippen LogP contribution in [0.2, 0.25) is 0 Å². The highest BCUT2D eigenvalue weighted by molar-refractivity contribution is 7.18. The number of benzene rings is 1. The molecular weight excluding hydrogens is 338 g/mol. The van der Waals surface area contributed by atoms with Gasteiger partial charge in [0.05, 0.1) is 12.0 Å². The summed E-state index contributed by atoms with van der Waals surface area (Å²) in [4.78, 5) is 16.0. The Bertz CT molecular complexity index is 877. The molecule has 0 radical (unpaired) electrons. The van der Waals surface area contributed by atoms with E-state index in [0.717, 1.165) is 29.0 Å². The van der Waals surface area contributed by atoms with Gasteiger partial charge in [-0.2, -0.15) is 0 Å². The van der Waals surface area contributed by atoms with Crippen molar-refractivity contribution in [3.8, 4) is 16.2 Å². The van der Waals surface area contributed by atoms with Gasteiger partial charge in [-0.3, -0.25) is 4.79 Å². The summed E-state index contributed by atoms with van der Waals surface area (Å²) in [6, 6.07) is 12.0. The van der Waals surface area contributed by atoms with Crippen molar-refractivity contribution in [2.24, 2.45) is 0 Å². The number of rotatable bonds is 4. The Labute approximate surface area is 148 Å². The van der Waals surface area contributed by atoms with Gasteiger partial charge in [0.25, 0.3) is 5.91 Å². The lowest BCUT2D eigenvalue weighted by Crippen LogP contribution is -2.21. The van der Waals surface area contributed by atoms with Gasteiger partial charge >= 0.3 is 0 Å². The molecule has 0 aliphatic heterocycles. The standard InChI is InChI=1S/C19H17NO2S2/c1-22-14-5-2-12(3-6-14)11-20-19(21)17-10-13-4-7-16-15(8-9-23-16)18(13)24-17/h2-3,5-6,8-10H,4,7,11H2,1H3,(H,20,21). The highest BCUT2D eigenvalue weighted by Crippen LogP contribution is 2.41. The van der Waals surface area contributed by atoms with Crippen molar-refractivity contribution in [3.63, 3.8) is 0 Å². The maximum Gasteiger partial charge on any atom is 0.261 e. The first-order valence-corrected chi connectivity index (χ1v) is 9.55. The van der Waals surface area contributed by atoms with Crippen LogP contribution in [0, 0.1) is 0 Å². The van der Waals surface area contributed by atoms with E-state index >= 15 is 0 Å². The largest absolute Gasteiger partial charge is 0.497 e. The van der Waals surface area contributed by atoms with Crippen molar-refractivity contribution < 1.29 is 9.53 Å². The molecule has 1 amide bonds. The summed E-state index contributed by atoms with van der Waals surface area (Å²) in [5, 5.41) is 5.15. The second-order valence-corrected chi connectivity index (χ2v) is 7.81. The number of nitrogens with one attached hydrogen (secondary N) is 1. The van der Waals surface area contributed by atoms with Crippen LogP contribution < -0.4 is 10.1 Å². The second-order valence-electron chi connectivity index (χ2n) is 5.75. The molecule has 4 rings (SSSR count). The van der Waals surface area contributed by atoms with Gasteiger partial charge in [0.2, 0.25) is 0 Å². The molecule has 1 aromatic carbocycles. The summed E-state index contributed by atoms with van der Waals surface area (Å²) in [6.45, 7) is 0.523. The number of carbonyl (C=O) groups is 1. The minimum absolute atomic E-state index is 0.00185. The molecule has 3 aromatic rings. The van der Waals surface area contributed by atoms with Crippen molar-refractivity contribution in [2.45, 2.75) is 19.4 Å². The Kier molecular flexibility index (Phi) is 4.12. The van der Waals surface area contributed by atoms with Crippen molar-refractivity contribution in [3.05, 3.63) is 62.7 Å². The lowest BCUT2D eigenvalue weighted by Gasteiger charge is -2.10. The molecule has 0 unspecified atom stereocenters. The van der Waals surface area contributed by atoms with E-state index in [-0.39, 0.29) is 5.91 Å². The minimum atomic E-state index is 0.00185. The average Bonchev–Trinajstić information content (AvgIpc) is 3.25. The first kappa shape index (κ1) is 15.4. The number of hydrogen-bond donors (Lipinski definition) is 1. The van der Waals surface area contributed by atoms with Crippen molar-refractivity contribution in [1.82, 2.24) is 5.32 Å².